The lowest BCUT2D eigenvalue weighted by molar-refractivity contribution is 1.33. The molecule has 0 saturated carbocycles. The molecule has 3 rings (SSSR count). The zero-order chi connectivity index (χ0) is 16.6. The quantitative estimate of drug-likeness (QED) is 0.540. The van der Waals surface area contributed by atoms with Crippen molar-refractivity contribution in [1.29, 1.82) is 0 Å². The van der Waals surface area contributed by atoms with Crippen molar-refractivity contribution in [3.63, 3.8) is 0 Å². The number of nitrogen functional groups attached to an aromatic ring is 1. The molecule has 0 aliphatic rings. The highest BCUT2D eigenvalue weighted by atomic mass is 35.5. The van der Waals surface area contributed by atoms with Gasteiger partial charge in [-0.1, -0.05) is 58.5 Å². The first-order chi connectivity index (χ1) is 11.0. The van der Waals surface area contributed by atoms with Crippen LogP contribution in [-0.2, 0) is 0 Å². The summed E-state index contributed by atoms with van der Waals surface area (Å²) in [5.74, 6) is 0.409. The summed E-state index contributed by atoms with van der Waals surface area (Å²) in [4.78, 5) is 4.26. The molecule has 23 heavy (non-hydrogen) atoms. The molecule has 0 bridgehead atoms. The Bertz CT molecular complexity index is 894. The largest absolute Gasteiger partial charge is 0.383 e. The molecule has 0 amide bonds. The van der Waals surface area contributed by atoms with Gasteiger partial charge in [-0.3, -0.25) is 0 Å². The van der Waals surface area contributed by atoms with E-state index in [1.54, 1.807) is 30.5 Å². The Kier molecular flexibility index (Phi) is 4.69. The van der Waals surface area contributed by atoms with E-state index >= 15 is 0 Å². The number of hydrogen-bond donors (Lipinski definition) is 1. The highest BCUT2D eigenvalue weighted by Gasteiger charge is 2.10. The van der Waals surface area contributed by atoms with Crippen molar-refractivity contribution in [1.82, 2.24) is 4.98 Å². The van der Waals surface area contributed by atoms with Crippen molar-refractivity contribution in [3.05, 3.63) is 68.8 Å². The first kappa shape index (κ1) is 16.4. The fraction of sp³-hybridized carbons (Fsp3) is 0. The van der Waals surface area contributed by atoms with Gasteiger partial charge in [-0.05, 0) is 41.5 Å². The van der Waals surface area contributed by atoms with Gasteiger partial charge in [-0.15, -0.1) is 0 Å². The van der Waals surface area contributed by atoms with Crippen LogP contribution in [0.5, 0.6) is 0 Å². The summed E-state index contributed by atoms with van der Waals surface area (Å²) in [6, 6.07) is 12.7. The Balaban J connectivity index is 2.11. The van der Waals surface area contributed by atoms with Gasteiger partial charge in [0.1, 0.15) is 5.82 Å². The van der Waals surface area contributed by atoms with E-state index in [2.05, 4.69) is 4.98 Å². The van der Waals surface area contributed by atoms with Crippen molar-refractivity contribution in [2.45, 2.75) is 0 Å². The van der Waals surface area contributed by atoms with Gasteiger partial charge in [0.25, 0.3) is 0 Å². The molecule has 1 aromatic heterocycles. The van der Waals surface area contributed by atoms with Gasteiger partial charge >= 0.3 is 0 Å². The highest BCUT2D eigenvalue weighted by molar-refractivity contribution is 6.42. The number of nitrogens with zero attached hydrogens (tertiary/aromatic N) is 1. The second-order valence-electron chi connectivity index (χ2n) is 4.91. The summed E-state index contributed by atoms with van der Waals surface area (Å²) in [7, 11) is 0. The molecule has 0 aliphatic heterocycles. The zero-order valence-corrected chi connectivity index (χ0v) is 14.7. The lowest BCUT2D eigenvalue weighted by Gasteiger charge is -2.10. The standard InChI is InChI=1S/C17H10Cl4N2/c18-13-3-1-9(6-15(13)20)11-5-12(17(22)23-8-11)10-2-4-14(19)16(21)7-10/h1-8H,(H2,22,23). The van der Waals surface area contributed by atoms with Crippen molar-refractivity contribution in [3.8, 4) is 22.3 Å². The SMILES string of the molecule is Nc1ncc(-c2ccc(Cl)c(Cl)c2)cc1-c1ccc(Cl)c(Cl)c1. The van der Waals surface area contributed by atoms with E-state index in [4.69, 9.17) is 52.1 Å². The third-order valence-electron chi connectivity index (χ3n) is 3.40. The summed E-state index contributed by atoms with van der Waals surface area (Å²) < 4.78 is 0. The van der Waals surface area contributed by atoms with Gasteiger partial charge < -0.3 is 5.73 Å². The van der Waals surface area contributed by atoms with Crippen LogP contribution in [0.15, 0.2) is 48.7 Å². The summed E-state index contributed by atoms with van der Waals surface area (Å²) in [6.07, 6.45) is 1.69. The Labute approximate surface area is 153 Å². The molecule has 2 aromatic carbocycles. The fourth-order valence-electron chi connectivity index (χ4n) is 2.20. The van der Waals surface area contributed by atoms with Crippen molar-refractivity contribution in [2.75, 3.05) is 5.73 Å². The Morgan fingerprint density at radius 2 is 1.22 bits per heavy atom. The predicted octanol–water partition coefficient (Wildman–Crippen LogP) is 6.61. The maximum Gasteiger partial charge on any atom is 0.131 e. The third-order valence-corrected chi connectivity index (χ3v) is 4.88. The topological polar surface area (TPSA) is 38.9 Å². The molecular weight excluding hydrogens is 374 g/mol. The zero-order valence-electron chi connectivity index (χ0n) is 11.7. The van der Waals surface area contributed by atoms with E-state index < -0.39 is 0 Å². The second kappa shape index (κ2) is 6.58. The molecule has 0 atom stereocenters. The van der Waals surface area contributed by atoms with E-state index in [0.29, 0.717) is 25.9 Å². The molecule has 1 heterocycles. The van der Waals surface area contributed by atoms with Crippen LogP contribution < -0.4 is 5.73 Å². The third kappa shape index (κ3) is 3.41. The smallest absolute Gasteiger partial charge is 0.131 e. The number of anilines is 1. The average Bonchev–Trinajstić information content (AvgIpc) is 2.53. The summed E-state index contributed by atoms with van der Waals surface area (Å²) in [6.45, 7) is 0. The Morgan fingerprint density at radius 3 is 1.83 bits per heavy atom. The van der Waals surface area contributed by atoms with Gasteiger partial charge in [0.05, 0.1) is 20.1 Å². The molecule has 2 N–H and O–H groups in total. The molecule has 3 aromatic rings. The molecule has 0 aliphatic carbocycles. The van der Waals surface area contributed by atoms with Crippen LogP contribution in [0.4, 0.5) is 5.82 Å². The van der Waals surface area contributed by atoms with E-state index in [0.717, 1.165) is 22.3 Å². The van der Waals surface area contributed by atoms with Crippen LogP contribution in [-0.4, -0.2) is 4.98 Å². The summed E-state index contributed by atoms with van der Waals surface area (Å²) >= 11 is 24.1. The number of hydrogen-bond acceptors (Lipinski definition) is 2. The minimum Gasteiger partial charge on any atom is -0.383 e. The van der Waals surface area contributed by atoms with Crippen molar-refractivity contribution < 1.29 is 0 Å². The number of nitrogens with two attached hydrogens (primary N) is 1. The second-order valence-corrected chi connectivity index (χ2v) is 6.54. The highest BCUT2D eigenvalue weighted by Crippen LogP contribution is 2.34. The Morgan fingerprint density at radius 1 is 0.652 bits per heavy atom. The number of halogens is 4. The van der Waals surface area contributed by atoms with E-state index in [9.17, 15) is 0 Å². The average molecular weight is 384 g/mol. The lowest BCUT2D eigenvalue weighted by atomic mass is 10.0. The van der Waals surface area contributed by atoms with Gasteiger partial charge in [0.15, 0.2) is 0 Å². The first-order valence-corrected chi connectivity index (χ1v) is 8.13. The van der Waals surface area contributed by atoms with Crippen LogP contribution in [0.1, 0.15) is 0 Å². The number of pyridine rings is 1. The molecule has 116 valence electrons. The number of benzene rings is 2. The fourth-order valence-corrected chi connectivity index (χ4v) is 2.80. The molecule has 6 heteroatoms. The lowest BCUT2D eigenvalue weighted by Crippen LogP contribution is -1.95. The van der Waals surface area contributed by atoms with Crippen LogP contribution >= 0.6 is 46.4 Å². The van der Waals surface area contributed by atoms with E-state index in [-0.39, 0.29) is 0 Å². The maximum atomic E-state index is 6.09. The first-order valence-electron chi connectivity index (χ1n) is 6.62. The van der Waals surface area contributed by atoms with Crippen molar-refractivity contribution in [2.24, 2.45) is 0 Å². The normalized spacial score (nSPS) is 10.8. The van der Waals surface area contributed by atoms with Crippen LogP contribution in [0, 0.1) is 0 Å². The van der Waals surface area contributed by atoms with E-state index in [1.807, 2.05) is 18.2 Å². The van der Waals surface area contributed by atoms with Gasteiger partial charge in [0, 0.05) is 17.3 Å². The van der Waals surface area contributed by atoms with Crippen LogP contribution in [0.2, 0.25) is 20.1 Å². The molecule has 0 unspecified atom stereocenters. The molecule has 0 fully saturated rings. The Hall–Kier alpha value is -1.45. The van der Waals surface area contributed by atoms with E-state index in [1.165, 1.54) is 0 Å². The number of rotatable bonds is 2. The maximum absolute atomic E-state index is 6.09. The minimum atomic E-state index is 0.409. The molecule has 0 spiro atoms. The molecule has 2 nitrogen and oxygen atoms in total. The van der Waals surface area contributed by atoms with Crippen LogP contribution in [0.25, 0.3) is 22.3 Å². The van der Waals surface area contributed by atoms with Gasteiger partial charge in [-0.2, -0.15) is 0 Å². The molecular formula is C17H10Cl4N2. The predicted molar refractivity (Wildman–Crippen MR) is 99.6 cm³/mol. The number of aromatic nitrogens is 1. The van der Waals surface area contributed by atoms with Crippen LogP contribution in [0.3, 0.4) is 0 Å². The minimum absolute atomic E-state index is 0.409. The molecule has 0 saturated heterocycles. The molecule has 0 radical (unpaired) electrons. The van der Waals surface area contributed by atoms with Gasteiger partial charge in [-0.25, -0.2) is 4.98 Å². The van der Waals surface area contributed by atoms with Gasteiger partial charge in [0.2, 0.25) is 0 Å². The monoisotopic (exact) mass is 382 g/mol. The van der Waals surface area contributed by atoms with Crippen molar-refractivity contribution >= 4 is 52.2 Å². The summed E-state index contributed by atoms with van der Waals surface area (Å²) in [5, 5.41) is 1.94. The summed E-state index contributed by atoms with van der Waals surface area (Å²) in [5.41, 5.74) is 9.39.